The molecule has 0 aliphatic heterocycles. The summed E-state index contributed by atoms with van der Waals surface area (Å²) in [5.41, 5.74) is 4.16. The van der Waals surface area contributed by atoms with Gasteiger partial charge in [0.15, 0.2) is 6.61 Å². The van der Waals surface area contributed by atoms with Gasteiger partial charge in [-0.3, -0.25) is 4.79 Å². The average Bonchev–Trinajstić information content (AvgIpc) is 2.48. The van der Waals surface area contributed by atoms with E-state index in [1.807, 2.05) is 45.0 Å². The molecule has 0 aliphatic carbocycles. The Morgan fingerprint density at radius 2 is 1.73 bits per heavy atom. The monoisotopic (exact) mass is 297 g/mol. The van der Waals surface area contributed by atoms with Crippen LogP contribution in [0.1, 0.15) is 27.0 Å². The van der Waals surface area contributed by atoms with Crippen LogP contribution in [0.3, 0.4) is 0 Å². The number of amides is 1. The van der Waals surface area contributed by atoms with E-state index in [2.05, 4.69) is 5.32 Å². The van der Waals surface area contributed by atoms with Gasteiger partial charge in [0.2, 0.25) is 0 Å². The predicted molar refractivity (Wildman–Crippen MR) is 86.0 cm³/mol. The summed E-state index contributed by atoms with van der Waals surface area (Å²) in [6.45, 7) is 5.45. The fourth-order valence-corrected chi connectivity index (χ4v) is 2.04. The van der Waals surface area contributed by atoms with Crippen LogP contribution in [0.15, 0.2) is 42.5 Å². The highest BCUT2D eigenvalue weighted by Crippen LogP contribution is 2.16. The van der Waals surface area contributed by atoms with E-state index in [1.165, 1.54) is 0 Å². The van der Waals surface area contributed by atoms with Crippen LogP contribution >= 0.6 is 0 Å². The molecule has 0 atom stereocenters. The van der Waals surface area contributed by atoms with Crippen LogP contribution < -0.4 is 5.32 Å². The van der Waals surface area contributed by atoms with Gasteiger partial charge in [0.05, 0.1) is 5.56 Å². The highest BCUT2D eigenvalue weighted by Gasteiger charge is 2.11. The summed E-state index contributed by atoms with van der Waals surface area (Å²) in [6, 6.07) is 12.9. The molecule has 4 heteroatoms. The van der Waals surface area contributed by atoms with Gasteiger partial charge >= 0.3 is 5.97 Å². The van der Waals surface area contributed by atoms with E-state index in [0.29, 0.717) is 5.56 Å². The SMILES string of the molecule is Cc1cccc(C(=O)OCC(=O)Nc2cc(C)ccc2C)c1. The molecule has 0 radical (unpaired) electrons. The summed E-state index contributed by atoms with van der Waals surface area (Å²) in [5.74, 6) is -0.852. The van der Waals surface area contributed by atoms with Gasteiger partial charge in [0.25, 0.3) is 5.91 Å². The van der Waals surface area contributed by atoms with Crippen molar-refractivity contribution in [2.45, 2.75) is 20.8 Å². The summed E-state index contributed by atoms with van der Waals surface area (Å²) in [5, 5.41) is 2.75. The standard InChI is InChI=1S/C18H19NO3/c1-12-5-4-6-15(9-12)18(21)22-11-17(20)19-16-10-13(2)7-8-14(16)3/h4-10H,11H2,1-3H3,(H,19,20). The Kier molecular flexibility index (Phi) is 4.94. The minimum Gasteiger partial charge on any atom is -0.452 e. The Balaban J connectivity index is 1.93. The molecule has 2 aromatic carbocycles. The van der Waals surface area contributed by atoms with Crippen molar-refractivity contribution in [3.8, 4) is 0 Å². The number of carbonyl (C=O) groups is 2. The number of rotatable bonds is 4. The molecule has 2 rings (SSSR count). The second-order valence-corrected chi connectivity index (χ2v) is 5.31. The average molecular weight is 297 g/mol. The first-order valence-corrected chi connectivity index (χ1v) is 7.06. The van der Waals surface area contributed by atoms with Gasteiger partial charge in [0, 0.05) is 5.69 Å². The number of nitrogens with one attached hydrogen (secondary N) is 1. The first-order valence-electron chi connectivity index (χ1n) is 7.06. The minimum absolute atomic E-state index is 0.305. The van der Waals surface area contributed by atoms with Crippen molar-refractivity contribution in [2.24, 2.45) is 0 Å². The number of hydrogen-bond acceptors (Lipinski definition) is 3. The summed E-state index contributed by atoms with van der Waals surface area (Å²) < 4.78 is 5.04. The van der Waals surface area contributed by atoms with Crippen molar-refractivity contribution < 1.29 is 14.3 Å². The third kappa shape index (κ3) is 4.19. The number of ether oxygens (including phenoxy) is 1. The van der Waals surface area contributed by atoms with E-state index in [0.717, 1.165) is 22.4 Å². The molecule has 0 aliphatic rings. The molecule has 0 heterocycles. The number of esters is 1. The second kappa shape index (κ2) is 6.89. The van der Waals surface area contributed by atoms with Crippen molar-refractivity contribution in [1.29, 1.82) is 0 Å². The Labute approximate surface area is 130 Å². The first kappa shape index (κ1) is 15.8. The summed E-state index contributed by atoms with van der Waals surface area (Å²) >= 11 is 0. The van der Waals surface area contributed by atoms with Crippen LogP contribution in [-0.4, -0.2) is 18.5 Å². The fraction of sp³-hybridized carbons (Fsp3) is 0.222. The molecule has 0 spiro atoms. The largest absolute Gasteiger partial charge is 0.452 e. The summed E-state index contributed by atoms with van der Waals surface area (Å²) in [7, 11) is 0. The lowest BCUT2D eigenvalue weighted by Gasteiger charge is -2.10. The second-order valence-electron chi connectivity index (χ2n) is 5.31. The van der Waals surface area contributed by atoms with Crippen molar-refractivity contribution in [2.75, 3.05) is 11.9 Å². The van der Waals surface area contributed by atoms with E-state index in [-0.39, 0.29) is 12.5 Å². The van der Waals surface area contributed by atoms with Gasteiger partial charge < -0.3 is 10.1 Å². The van der Waals surface area contributed by atoms with Gasteiger partial charge in [0.1, 0.15) is 0 Å². The Bertz CT molecular complexity index is 707. The summed E-state index contributed by atoms with van der Waals surface area (Å²) in [6.07, 6.45) is 0. The highest BCUT2D eigenvalue weighted by atomic mass is 16.5. The van der Waals surface area contributed by atoms with Crippen LogP contribution in [0.4, 0.5) is 5.69 Å². The van der Waals surface area contributed by atoms with Gasteiger partial charge in [-0.05, 0) is 50.1 Å². The van der Waals surface area contributed by atoms with Gasteiger partial charge in [-0.2, -0.15) is 0 Å². The molecule has 22 heavy (non-hydrogen) atoms. The smallest absolute Gasteiger partial charge is 0.338 e. The predicted octanol–water partition coefficient (Wildman–Crippen LogP) is 3.41. The maximum Gasteiger partial charge on any atom is 0.338 e. The van der Waals surface area contributed by atoms with Gasteiger partial charge in [-0.1, -0.05) is 29.8 Å². The molecule has 1 N–H and O–H groups in total. The third-order valence-corrected chi connectivity index (χ3v) is 3.26. The normalized spacial score (nSPS) is 10.1. The van der Waals surface area contributed by atoms with E-state index >= 15 is 0 Å². The van der Waals surface area contributed by atoms with E-state index in [9.17, 15) is 9.59 Å². The maximum atomic E-state index is 11.9. The summed E-state index contributed by atoms with van der Waals surface area (Å²) in [4.78, 5) is 23.8. The number of hydrogen-bond donors (Lipinski definition) is 1. The first-order chi connectivity index (χ1) is 10.5. The van der Waals surface area contributed by atoms with Crippen LogP contribution in [0.2, 0.25) is 0 Å². The number of anilines is 1. The van der Waals surface area contributed by atoms with Crippen LogP contribution in [0, 0.1) is 20.8 Å². The van der Waals surface area contributed by atoms with Gasteiger partial charge in [-0.15, -0.1) is 0 Å². The van der Waals surface area contributed by atoms with Crippen molar-refractivity contribution >= 4 is 17.6 Å². The lowest BCUT2D eigenvalue weighted by molar-refractivity contribution is -0.119. The Hall–Kier alpha value is -2.62. The number of aryl methyl sites for hydroxylation is 3. The Morgan fingerprint density at radius 1 is 1.00 bits per heavy atom. The van der Waals surface area contributed by atoms with Gasteiger partial charge in [-0.25, -0.2) is 4.79 Å². The zero-order valence-corrected chi connectivity index (χ0v) is 13.0. The maximum absolute atomic E-state index is 11.9. The molecule has 114 valence electrons. The molecule has 2 aromatic rings. The molecule has 0 unspecified atom stereocenters. The molecular weight excluding hydrogens is 278 g/mol. The Morgan fingerprint density at radius 3 is 2.45 bits per heavy atom. The van der Waals surface area contributed by atoms with Crippen LogP contribution in [0.25, 0.3) is 0 Å². The van der Waals surface area contributed by atoms with E-state index in [1.54, 1.807) is 18.2 Å². The lowest BCUT2D eigenvalue weighted by atomic mass is 10.1. The van der Waals surface area contributed by atoms with Crippen molar-refractivity contribution in [1.82, 2.24) is 0 Å². The number of benzene rings is 2. The molecule has 0 aromatic heterocycles. The van der Waals surface area contributed by atoms with Crippen molar-refractivity contribution in [3.63, 3.8) is 0 Å². The lowest BCUT2D eigenvalue weighted by Crippen LogP contribution is -2.21. The fourth-order valence-electron chi connectivity index (χ4n) is 2.04. The number of carbonyl (C=O) groups excluding carboxylic acids is 2. The van der Waals surface area contributed by atoms with Crippen LogP contribution in [-0.2, 0) is 9.53 Å². The molecule has 4 nitrogen and oxygen atoms in total. The molecule has 1 amide bonds. The zero-order chi connectivity index (χ0) is 16.1. The van der Waals surface area contributed by atoms with E-state index < -0.39 is 5.97 Å². The molecule has 0 saturated carbocycles. The highest BCUT2D eigenvalue weighted by molar-refractivity contribution is 5.96. The quantitative estimate of drug-likeness (QED) is 0.880. The minimum atomic E-state index is -0.500. The molecular formula is C18H19NO3. The molecule has 0 bridgehead atoms. The molecule has 0 saturated heterocycles. The van der Waals surface area contributed by atoms with E-state index in [4.69, 9.17) is 4.74 Å². The molecule has 0 fully saturated rings. The van der Waals surface area contributed by atoms with Crippen molar-refractivity contribution in [3.05, 3.63) is 64.7 Å². The topological polar surface area (TPSA) is 55.4 Å². The van der Waals surface area contributed by atoms with Crippen LogP contribution in [0.5, 0.6) is 0 Å². The third-order valence-electron chi connectivity index (χ3n) is 3.26. The zero-order valence-electron chi connectivity index (χ0n) is 13.0.